The van der Waals surface area contributed by atoms with Crippen molar-refractivity contribution in [2.24, 2.45) is 0 Å². The molecule has 0 spiro atoms. The van der Waals surface area contributed by atoms with Gasteiger partial charge in [0.1, 0.15) is 18.2 Å². The number of nitrogens with one attached hydrogen (secondary N) is 2. The zero-order valence-corrected chi connectivity index (χ0v) is 22.7. The predicted molar refractivity (Wildman–Crippen MR) is 147 cm³/mol. The van der Waals surface area contributed by atoms with Crippen molar-refractivity contribution in [2.45, 2.75) is 66.2 Å². The van der Waals surface area contributed by atoms with Gasteiger partial charge in [-0.05, 0) is 88.1 Å². The second-order valence-corrected chi connectivity index (χ2v) is 10.5. The molecule has 0 fully saturated rings. The van der Waals surface area contributed by atoms with Crippen molar-refractivity contribution in [2.75, 3.05) is 11.9 Å². The van der Waals surface area contributed by atoms with Gasteiger partial charge in [-0.1, -0.05) is 48.5 Å². The SMILES string of the molecule is Cc1ccc(C(C(=O)Nc2ccc3ccccc3c2)N(C(=O)CNC(=O)OC(C)(C)C)C(C)C)cc1C. The molecule has 0 saturated heterocycles. The summed E-state index contributed by atoms with van der Waals surface area (Å²) in [5.41, 5.74) is 2.75. The molecule has 0 aromatic heterocycles. The first-order chi connectivity index (χ1) is 17.4. The van der Waals surface area contributed by atoms with Crippen molar-refractivity contribution in [3.63, 3.8) is 0 Å². The first kappa shape index (κ1) is 27.7. The van der Waals surface area contributed by atoms with Gasteiger partial charge in [0, 0.05) is 11.7 Å². The Morgan fingerprint density at radius 2 is 1.57 bits per heavy atom. The Bertz CT molecular complexity index is 1290. The third-order valence-electron chi connectivity index (χ3n) is 6.02. The van der Waals surface area contributed by atoms with Gasteiger partial charge < -0.3 is 20.3 Å². The molecule has 3 aromatic carbocycles. The molecule has 3 aromatic rings. The first-order valence-electron chi connectivity index (χ1n) is 12.5. The van der Waals surface area contributed by atoms with E-state index in [1.807, 2.05) is 88.4 Å². The topological polar surface area (TPSA) is 87.7 Å². The van der Waals surface area contributed by atoms with Crippen molar-refractivity contribution in [3.05, 3.63) is 77.4 Å². The van der Waals surface area contributed by atoms with Crippen LogP contribution in [0.1, 0.15) is 57.4 Å². The number of carbonyl (C=O) groups is 3. The molecule has 0 saturated carbocycles. The van der Waals surface area contributed by atoms with Crippen molar-refractivity contribution < 1.29 is 19.1 Å². The lowest BCUT2D eigenvalue weighted by Gasteiger charge is -2.35. The number of fused-ring (bicyclic) bond motifs is 1. The Balaban J connectivity index is 1.93. The predicted octanol–water partition coefficient (Wildman–Crippen LogP) is 5.90. The third kappa shape index (κ3) is 7.32. The van der Waals surface area contributed by atoms with Crippen LogP contribution >= 0.6 is 0 Å². The molecule has 0 radical (unpaired) electrons. The summed E-state index contributed by atoms with van der Waals surface area (Å²) in [6, 6.07) is 18.2. The monoisotopic (exact) mass is 503 g/mol. The molecule has 2 N–H and O–H groups in total. The molecule has 3 amide bonds. The molecule has 0 aliphatic heterocycles. The second kappa shape index (κ2) is 11.5. The van der Waals surface area contributed by atoms with E-state index in [-0.39, 0.29) is 18.5 Å². The highest BCUT2D eigenvalue weighted by molar-refractivity contribution is 6.00. The minimum atomic E-state index is -0.904. The summed E-state index contributed by atoms with van der Waals surface area (Å²) in [6.07, 6.45) is -0.687. The van der Waals surface area contributed by atoms with Crippen molar-refractivity contribution in [1.82, 2.24) is 10.2 Å². The molecule has 7 heteroatoms. The zero-order valence-electron chi connectivity index (χ0n) is 22.7. The molecule has 7 nitrogen and oxygen atoms in total. The summed E-state index contributed by atoms with van der Waals surface area (Å²) in [5, 5.41) is 7.60. The lowest BCUT2D eigenvalue weighted by molar-refractivity contribution is -0.140. The molecule has 0 aliphatic rings. The maximum absolute atomic E-state index is 13.8. The summed E-state index contributed by atoms with van der Waals surface area (Å²) in [6.45, 7) is 12.6. The van der Waals surface area contributed by atoms with Gasteiger partial charge in [0.05, 0.1) is 0 Å². The number of hydrogen-bond acceptors (Lipinski definition) is 4. The van der Waals surface area contributed by atoms with Crippen LogP contribution in [0.15, 0.2) is 60.7 Å². The van der Waals surface area contributed by atoms with Gasteiger partial charge in [0.2, 0.25) is 5.91 Å². The maximum Gasteiger partial charge on any atom is 0.408 e. The highest BCUT2D eigenvalue weighted by Crippen LogP contribution is 2.28. The molecular formula is C30H37N3O4. The summed E-state index contributed by atoms with van der Waals surface area (Å²) in [5.74, 6) is -0.726. The number of rotatable bonds is 7. The number of carbonyl (C=O) groups excluding carboxylic acids is 3. The highest BCUT2D eigenvalue weighted by atomic mass is 16.6. The summed E-state index contributed by atoms with van der Waals surface area (Å²) >= 11 is 0. The standard InChI is InChI=1S/C30H37N3O4/c1-19(2)33(26(34)18-31-29(36)37-30(5,6)7)27(24-13-12-20(3)21(4)16-24)28(35)32-25-15-14-22-10-8-9-11-23(22)17-25/h8-17,19,27H,18H2,1-7H3,(H,31,36)(H,32,35). The quantitative estimate of drug-likeness (QED) is 0.420. The van der Waals surface area contributed by atoms with Gasteiger partial charge in [0.15, 0.2) is 0 Å². The van der Waals surface area contributed by atoms with Gasteiger partial charge in [-0.2, -0.15) is 0 Å². The van der Waals surface area contributed by atoms with Crippen LogP contribution in [0, 0.1) is 13.8 Å². The van der Waals surface area contributed by atoms with Crippen molar-refractivity contribution in [3.8, 4) is 0 Å². The Labute approximate surface area is 219 Å². The van der Waals surface area contributed by atoms with Crippen LogP contribution in [-0.2, 0) is 14.3 Å². The van der Waals surface area contributed by atoms with E-state index >= 15 is 0 Å². The van der Waals surface area contributed by atoms with Crippen LogP contribution in [0.4, 0.5) is 10.5 Å². The number of ether oxygens (including phenoxy) is 1. The Kier molecular flexibility index (Phi) is 8.58. The van der Waals surface area contributed by atoms with Crippen molar-refractivity contribution >= 4 is 34.4 Å². The minimum Gasteiger partial charge on any atom is -0.444 e. The number of aryl methyl sites for hydroxylation is 2. The molecule has 196 valence electrons. The Hall–Kier alpha value is -3.87. The lowest BCUT2D eigenvalue weighted by atomic mass is 9.98. The van der Waals surface area contributed by atoms with Gasteiger partial charge >= 0.3 is 6.09 Å². The van der Waals surface area contributed by atoms with Gasteiger partial charge in [-0.3, -0.25) is 9.59 Å². The van der Waals surface area contributed by atoms with Crippen LogP contribution < -0.4 is 10.6 Å². The van der Waals surface area contributed by atoms with E-state index in [0.717, 1.165) is 21.9 Å². The van der Waals surface area contributed by atoms with Gasteiger partial charge in [-0.15, -0.1) is 0 Å². The minimum absolute atomic E-state index is 0.294. The molecule has 1 unspecified atom stereocenters. The zero-order chi connectivity index (χ0) is 27.3. The van der Waals surface area contributed by atoms with Crippen LogP contribution in [0.2, 0.25) is 0 Å². The lowest BCUT2D eigenvalue weighted by Crippen LogP contribution is -2.49. The van der Waals surface area contributed by atoms with Gasteiger partial charge in [0.25, 0.3) is 5.91 Å². The molecule has 0 bridgehead atoms. The second-order valence-electron chi connectivity index (χ2n) is 10.5. The summed E-state index contributed by atoms with van der Waals surface area (Å²) < 4.78 is 5.26. The fourth-order valence-corrected chi connectivity index (χ4v) is 4.13. The van der Waals surface area contributed by atoms with E-state index in [1.54, 1.807) is 20.8 Å². The number of anilines is 1. The van der Waals surface area contributed by atoms with E-state index in [9.17, 15) is 14.4 Å². The molecule has 3 rings (SSSR count). The van der Waals surface area contributed by atoms with Crippen LogP contribution in [0.25, 0.3) is 10.8 Å². The third-order valence-corrected chi connectivity index (χ3v) is 6.02. The molecule has 37 heavy (non-hydrogen) atoms. The van der Waals surface area contributed by atoms with E-state index in [2.05, 4.69) is 10.6 Å². The average molecular weight is 504 g/mol. The number of hydrogen-bond donors (Lipinski definition) is 2. The average Bonchev–Trinajstić information content (AvgIpc) is 2.81. The molecular weight excluding hydrogens is 466 g/mol. The first-order valence-corrected chi connectivity index (χ1v) is 12.5. The van der Waals surface area contributed by atoms with Crippen LogP contribution in [0.5, 0.6) is 0 Å². The highest BCUT2D eigenvalue weighted by Gasteiger charge is 2.34. The number of alkyl carbamates (subject to hydrolysis) is 1. The summed E-state index contributed by atoms with van der Waals surface area (Å²) in [7, 11) is 0. The summed E-state index contributed by atoms with van der Waals surface area (Å²) in [4.78, 5) is 40.9. The Morgan fingerprint density at radius 3 is 2.19 bits per heavy atom. The smallest absolute Gasteiger partial charge is 0.408 e. The van der Waals surface area contributed by atoms with E-state index in [4.69, 9.17) is 4.74 Å². The van der Waals surface area contributed by atoms with Crippen LogP contribution in [-0.4, -0.2) is 41.0 Å². The number of benzene rings is 3. The van der Waals surface area contributed by atoms with E-state index in [1.165, 1.54) is 4.90 Å². The molecule has 1 atom stereocenters. The van der Waals surface area contributed by atoms with Gasteiger partial charge in [-0.25, -0.2) is 4.79 Å². The fraction of sp³-hybridized carbons (Fsp3) is 0.367. The largest absolute Gasteiger partial charge is 0.444 e. The van der Waals surface area contributed by atoms with Crippen LogP contribution in [0.3, 0.4) is 0 Å². The fourth-order valence-electron chi connectivity index (χ4n) is 4.13. The van der Waals surface area contributed by atoms with E-state index in [0.29, 0.717) is 11.3 Å². The molecule has 0 heterocycles. The van der Waals surface area contributed by atoms with E-state index < -0.39 is 23.6 Å². The number of nitrogens with zero attached hydrogens (tertiary/aromatic N) is 1. The Morgan fingerprint density at radius 1 is 0.892 bits per heavy atom. The normalized spacial score (nSPS) is 12.2. The molecule has 0 aliphatic carbocycles. The van der Waals surface area contributed by atoms with Crippen molar-refractivity contribution in [1.29, 1.82) is 0 Å². The number of amides is 3. The maximum atomic E-state index is 13.8.